The van der Waals surface area contributed by atoms with E-state index in [0.717, 1.165) is 0 Å². The Morgan fingerprint density at radius 3 is 2.48 bits per heavy atom. The summed E-state index contributed by atoms with van der Waals surface area (Å²) in [6, 6.07) is 15.0. The number of amides is 1. The van der Waals surface area contributed by atoms with E-state index in [1.807, 2.05) is 6.07 Å². The highest BCUT2D eigenvalue weighted by Crippen LogP contribution is 2.22. The van der Waals surface area contributed by atoms with Gasteiger partial charge in [0.15, 0.2) is 11.7 Å². The van der Waals surface area contributed by atoms with Gasteiger partial charge in [0.1, 0.15) is 5.75 Å². The van der Waals surface area contributed by atoms with Crippen molar-refractivity contribution in [1.82, 2.24) is 0 Å². The van der Waals surface area contributed by atoms with Crippen molar-refractivity contribution >= 4 is 29.2 Å². The molecule has 0 fully saturated rings. The Labute approximate surface area is 162 Å². The van der Waals surface area contributed by atoms with Gasteiger partial charge in [-0.05, 0) is 63.2 Å². The van der Waals surface area contributed by atoms with Crippen LogP contribution in [0.4, 0.5) is 5.69 Å². The van der Waals surface area contributed by atoms with Crippen LogP contribution in [-0.2, 0) is 14.3 Å². The predicted octanol–water partition coefficient (Wildman–Crippen LogP) is 3.94. The first-order valence-corrected chi connectivity index (χ1v) is 8.56. The number of rotatable bonds is 6. The maximum atomic E-state index is 12.4. The molecule has 2 aromatic carbocycles. The summed E-state index contributed by atoms with van der Waals surface area (Å²) in [5.74, 6) is -0.751. The van der Waals surface area contributed by atoms with Gasteiger partial charge in [-0.15, -0.1) is 0 Å². The minimum absolute atomic E-state index is 0.412. The summed E-state index contributed by atoms with van der Waals surface area (Å²) in [5.41, 5.74) is -0.447. The lowest BCUT2D eigenvalue weighted by molar-refractivity contribution is -0.166. The lowest BCUT2D eigenvalue weighted by Gasteiger charge is -2.26. The zero-order chi connectivity index (χ0) is 20.0. The zero-order valence-electron chi connectivity index (χ0n) is 15.2. The molecule has 1 amide bonds. The number of esters is 1. The third kappa shape index (κ3) is 5.73. The number of hydrogen-bond donors (Lipinski definition) is 1. The van der Waals surface area contributed by atoms with E-state index in [2.05, 4.69) is 5.32 Å². The van der Waals surface area contributed by atoms with Gasteiger partial charge >= 0.3 is 5.97 Å². The number of halogens is 1. The van der Waals surface area contributed by atoms with Gasteiger partial charge in [0.05, 0.1) is 11.6 Å². The number of nitrogens with one attached hydrogen (secondary N) is 1. The van der Waals surface area contributed by atoms with E-state index in [1.54, 1.807) is 56.3 Å². The molecule has 0 aliphatic heterocycles. The summed E-state index contributed by atoms with van der Waals surface area (Å²) in [7, 11) is 0. The highest BCUT2D eigenvalue weighted by molar-refractivity contribution is 6.30. The number of anilines is 1. The minimum atomic E-state index is -1.30. The van der Waals surface area contributed by atoms with Gasteiger partial charge < -0.3 is 14.8 Å². The van der Waals surface area contributed by atoms with Crippen LogP contribution in [0.3, 0.4) is 0 Å². The van der Waals surface area contributed by atoms with Crippen LogP contribution in [0.25, 0.3) is 0 Å². The Morgan fingerprint density at radius 2 is 1.85 bits per heavy atom. The third-order valence-electron chi connectivity index (χ3n) is 3.59. The number of ether oxygens (including phenoxy) is 2. The number of benzene rings is 2. The second kappa shape index (κ2) is 8.56. The van der Waals surface area contributed by atoms with Crippen LogP contribution >= 0.6 is 11.6 Å². The molecule has 0 radical (unpaired) electrons. The van der Waals surface area contributed by atoms with Crippen molar-refractivity contribution in [2.45, 2.75) is 32.5 Å². The van der Waals surface area contributed by atoms with Crippen molar-refractivity contribution in [1.29, 1.82) is 5.26 Å². The van der Waals surface area contributed by atoms with E-state index in [4.69, 9.17) is 26.3 Å². The van der Waals surface area contributed by atoms with E-state index in [0.29, 0.717) is 22.0 Å². The van der Waals surface area contributed by atoms with Crippen molar-refractivity contribution in [2.24, 2.45) is 0 Å². The van der Waals surface area contributed by atoms with E-state index >= 15 is 0 Å². The number of carbonyl (C=O) groups excluding carboxylic acids is 2. The Kier molecular flexibility index (Phi) is 6.43. The molecule has 0 aromatic heterocycles. The molecule has 0 saturated heterocycles. The van der Waals surface area contributed by atoms with E-state index in [9.17, 15) is 9.59 Å². The summed E-state index contributed by atoms with van der Waals surface area (Å²) < 4.78 is 10.9. The molecule has 0 saturated carbocycles. The Bertz CT molecular complexity index is 872. The number of carbonyl (C=O) groups is 2. The molecule has 0 aliphatic rings. The molecule has 140 valence electrons. The maximum absolute atomic E-state index is 12.4. The van der Waals surface area contributed by atoms with Crippen molar-refractivity contribution in [3.63, 3.8) is 0 Å². The molecule has 1 atom stereocenters. The smallest absolute Gasteiger partial charge is 0.350 e. The maximum Gasteiger partial charge on any atom is 0.350 e. The highest BCUT2D eigenvalue weighted by atomic mass is 35.5. The fourth-order valence-electron chi connectivity index (χ4n) is 2.11. The fraction of sp³-hybridized carbons (Fsp3) is 0.250. The van der Waals surface area contributed by atoms with Gasteiger partial charge in [0.2, 0.25) is 0 Å². The molecule has 0 aliphatic carbocycles. The topological polar surface area (TPSA) is 88.4 Å². The quantitative estimate of drug-likeness (QED) is 0.759. The van der Waals surface area contributed by atoms with Gasteiger partial charge in [-0.2, -0.15) is 5.26 Å². The number of nitriles is 1. The second-order valence-electron chi connectivity index (χ2n) is 6.30. The molecule has 0 spiro atoms. The summed E-state index contributed by atoms with van der Waals surface area (Å²) in [4.78, 5) is 24.7. The largest absolute Gasteiger partial charge is 0.476 e. The standard InChI is InChI=1S/C20H19ClN2O4/c1-13(18(24)23-16-6-4-5-14(11-16)12-22)26-19(25)20(2,3)27-17-9-7-15(21)8-10-17/h4-11,13H,1-3H3,(H,23,24)/t13-/m1/s1. The van der Waals surface area contributed by atoms with Crippen LogP contribution in [0.2, 0.25) is 5.02 Å². The van der Waals surface area contributed by atoms with E-state index in [1.165, 1.54) is 13.0 Å². The van der Waals surface area contributed by atoms with Crippen LogP contribution in [0.5, 0.6) is 5.75 Å². The van der Waals surface area contributed by atoms with Crippen LogP contribution in [-0.4, -0.2) is 23.6 Å². The molecule has 7 heteroatoms. The van der Waals surface area contributed by atoms with Gasteiger partial charge in [0, 0.05) is 10.7 Å². The molecule has 27 heavy (non-hydrogen) atoms. The van der Waals surface area contributed by atoms with Crippen LogP contribution in [0.15, 0.2) is 48.5 Å². The zero-order valence-corrected chi connectivity index (χ0v) is 15.9. The first-order valence-electron chi connectivity index (χ1n) is 8.18. The minimum Gasteiger partial charge on any atom is -0.476 e. The molecule has 2 rings (SSSR count). The van der Waals surface area contributed by atoms with Gasteiger partial charge in [-0.3, -0.25) is 4.79 Å². The van der Waals surface area contributed by atoms with Gasteiger partial charge in [0.25, 0.3) is 5.91 Å². The summed E-state index contributed by atoms with van der Waals surface area (Å²) in [5, 5.41) is 12.1. The monoisotopic (exact) mass is 386 g/mol. The lowest BCUT2D eigenvalue weighted by atomic mass is 10.1. The second-order valence-corrected chi connectivity index (χ2v) is 6.73. The van der Waals surface area contributed by atoms with Crippen LogP contribution < -0.4 is 10.1 Å². The summed E-state index contributed by atoms with van der Waals surface area (Å²) >= 11 is 5.83. The van der Waals surface area contributed by atoms with Gasteiger partial charge in [-0.25, -0.2) is 4.79 Å². The van der Waals surface area contributed by atoms with Crippen LogP contribution in [0.1, 0.15) is 26.3 Å². The molecular weight excluding hydrogens is 368 g/mol. The fourth-order valence-corrected chi connectivity index (χ4v) is 2.23. The molecule has 0 bridgehead atoms. The summed E-state index contributed by atoms with van der Waals surface area (Å²) in [6.07, 6.45) is -1.05. The van der Waals surface area contributed by atoms with Crippen molar-refractivity contribution < 1.29 is 19.1 Å². The first-order chi connectivity index (χ1) is 12.7. The SMILES string of the molecule is C[C@@H](OC(=O)C(C)(C)Oc1ccc(Cl)cc1)C(=O)Nc1cccc(C#N)c1. The van der Waals surface area contributed by atoms with Crippen molar-refractivity contribution in [3.8, 4) is 11.8 Å². The normalized spacial score (nSPS) is 11.8. The third-order valence-corrected chi connectivity index (χ3v) is 3.84. The van der Waals surface area contributed by atoms with Crippen molar-refractivity contribution in [3.05, 3.63) is 59.1 Å². The number of nitrogens with zero attached hydrogens (tertiary/aromatic N) is 1. The van der Waals surface area contributed by atoms with Gasteiger partial charge in [-0.1, -0.05) is 17.7 Å². The molecule has 0 heterocycles. The van der Waals surface area contributed by atoms with E-state index in [-0.39, 0.29) is 0 Å². The average molecular weight is 387 g/mol. The first kappa shape index (κ1) is 20.3. The molecule has 6 nitrogen and oxygen atoms in total. The van der Waals surface area contributed by atoms with Crippen molar-refractivity contribution in [2.75, 3.05) is 5.32 Å². The van der Waals surface area contributed by atoms with E-state index < -0.39 is 23.6 Å². The number of hydrogen-bond acceptors (Lipinski definition) is 5. The Balaban J connectivity index is 1.97. The molecule has 0 unspecified atom stereocenters. The molecule has 1 N–H and O–H groups in total. The highest BCUT2D eigenvalue weighted by Gasteiger charge is 2.34. The van der Waals surface area contributed by atoms with Crippen LogP contribution in [0, 0.1) is 11.3 Å². The molecular formula is C20H19ClN2O4. The Hall–Kier alpha value is -3.04. The summed E-state index contributed by atoms with van der Waals surface area (Å²) in [6.45, 7) is 4.55. The average Bonchev–Trinajstić information content (AvgIpc) is 2.63. The molecule has 2 aromatic rings. The Morgan fingerprint density at radius 1 is 1.19 bits per heavy atom. The lowest BCUT2D eigenvalue weighted by Crippen LogP contribution is -2.43. The predicted molar refractivity (Wildman–Crippen MR) is 101 cm³/mol.